The van der Waals surface area contributed by atoms with Crippen LogP contribution in [0, 0.1) is 0 Å². The molecule has 0 spiro atoms. The summed E-state index contributed by atoms with van der Waals surface area (Å²) in [5, 5.41) is 6.70. The second kappa shape index (κ2) is 6.32. The van der Waals surface area contributed by atoms with Crippen molar-refractivity contribution in [2.24, 2.45) is 0 Å². The minimum atomic E-state index is -0.408. The molecule has 1 aromatic heterocycles. The summed E-state index contributed by atoms with van der Waals surface area (Å²) < 4.78 is 0. The van der Waals surface area contributed by atoms with Crippen LogP contribution in [0.2, 0.25) is 0 Å². The fourth-order valence-electron chi connectivity index (χ4n) is 2.72. The highest BCUT2D eigenvalue weighted by atomic mass is 32.1. The predicted octanol–water partition coefficient (Wildman–Crippen LogP) is 2.77. The van der Waals surface area contributed by atoms with E-state index in [0.29, 0.717) is 12.0 Å². The molecule has 1 aliphatic heterocycles. The van der Waals surface area contributed by atoms with Crippen LogP contribution in [-0.2, 0) is 4.79 Å². The molecule has 0 aliphatic carbocycles. The molecule has 0 saturated carbocycles. The Morgan fingerprint density at radius 3 is 2.82 bits per heavy atom. The number of piperidine rings is 1. The predicted molar refractivity (Wildman–Crippen MR) is 87.9 cm³/mol. The fourth-order valence-corrected chi connectivity index (χ4v) is 3.55. The topological polar surface area (TPSA) is 49.4 Å². The molecular weight excluding hydrogens is 296 g/mol. The van der Waals surface area contributed by atoms with E-state index in [2.05, 4.69) is 5.32 Å². The van der Waals surface area contributed by atoms with Crippen LogP contribution in [0.15, 0.2) is 41.1 Å². The number of carbonyl (C=O) groups is 2. The van der Waals surface area contributed by atoms with Crippen molar-refractivity contribution in [1.29, 1.82) is 0 Å². The highest BCUT2D eigenvalue weighted by Gasteiger charge is 2.28. The molecule has 22 heavy (non-hydrogen) atoms. The van der Waals surface area contributed by atoms with Gasteiger partial charge in [-0.05, 0) is 23.8 Å². The molecule has 1 saturated heterocycles. The van der Waals surface area contributed by atoms with E-state index in [0.717, 1.165) is 24.1 Å². The fraction of sp³-hybridized carbons (Fsp3) is 0.294. The van der Waals surface area contributed by atoms with Crippen LogP contribution in [0.3, 0.4) is 0 Å². The molecule has 1 fully saturated rings. The van der Waals surface area contributed by atoms with Crippen molar-refractivity contribution < 1.29 is 9.59 Å². The van der Waals surface area contributed by atoms with Gasteiger partial charge in [0.05, 0.1) is 5.56 Å². The van der Waals surface area contributed by atoms with Gasteiger partial charge in [0.1, 0.15) is 6.04 Å². The van der Waals surface area contributed by atoms with Gasteiger partial charge < -0.3 is 10.2 Å². The lowest BCUT2D eigenvalue weighted by molar-refractivity contribution is -0.134. The monoisotopic (exact) mass is 314 g/mol. The molecule has 1 unspecified atom stereocenters. The van der Waals surface area contributed by atoms with E-state index in [-0.39, 0.29) is 11.8 Å². The molecule has 2 amide bonds. The molecule has 3 rings (SSSR count). The van der Waals surface area contributed by atoms with Crippen LogP contribution >= 0.6 is 11.3 Å². The minimum absolute atomic E-state index is 0.00362. The Balaban J connectivity index is 1.79. The molecule has 1 N–H and O–H groups in total. The molecule has 1 atom stereocenters. The lowest BCUT2D eigenvalue weighted by Crippen LogP contribution is -2.50. The van der Waals surface area contributed by atoms with Crippen LogP contribution in [0.1, 0.15) is 23.2 Å². The van der Waals surface area contributed by atoms with E-state index in [1.807, 2.05) is 41.1 Å². The molecular formula is C17H18N2O2S. The van der Waals surface area contributed by atoms with E-state index in [9.17, 15) is 9.59 Å². The summed E-state index contributed by atoms with van der Waals surface area (Å²) in [6.07, 6.45) is 1.63. The maximum Gasteiger partial charge on any atom is 0.253 e. The van der Waals surface area contributed by atoms with Gasteiger partial charge in [-0.1, -0.05) is 30.3 Å². The quantitative estimate of drug-likeness (QED) is 0.947. The van der Waals surface area contributed by atoms with Crippen molar-refractivity contribution in [3.8, 4) is 11.1 Å². The van der Waals surface area contributed by atoms with Crippen LogP contribution in [0.25, 0.3) is 11.1 Å². The maximum absolute atomic E-state index is 12.5. The lowest BCUT2D eigenvalue weighted by atomic mass is 10.0. The number of likely N-dealkylation sites (N-methyl/N-ethyl adjacent to an activating group) is 1. The average Bonchev–Trinajstić information content (AvgIpc) is 3.02. The summed E-state index contributed by atoms with van der Waals surface area (Å²) in [5.74, 6) is -0.176. The van der Waals surface area contributed by atoms with Crippen LogP contribution in [0.4, 0.5) is 0 Å². The Morgan fingerprint density at radius 1 is 1.27 bits per heavy atom. The minimum Gasteiger partial charge on any atom is -0.344 e. The van der Waals surface area contributed by atoms with Gasteiger partial charge in [0.15, 0.2) is 0 Å². The smallest absolute Gasteiger partial charge is 0.253 e. The summed E-state index contributed by atoms with van der Waals surface area (Å²) in [6.45, 7) is 0.763. The third kappa shape index (κ3) is 2.90. The van der Waals surface area contributed by atoms with Crippen LogP contribution in [0.5, 0.6) is 0 Å². The zero-order valence-electron chi connectivity index (χ0n) is 12.4. The van der Waals surface area contributed by atoms with Gasteiger partial charge in [-0.25, -0.2) is 0 Å². The Kier molecular flexibility index (Phi) is 4.24. The maximum atomic E-state index is 12.5. The Morgan fingerprint density at radius 2 is 2.05 bits per heavy atom. The second-order valence-corrected chi connectivity index (χ2v) is 6.24. The third-order valence-corrected chi connectivity index (χ3v) is 4.70. The molecule has 4 nitrogen and oxygen atoms in total. The number of carbonyl (C=O) groups excluding carboxylic acids is 2. The third-order valence-electron chi connectivity index (χ3n) is 3.96. The Bertz CT molecular complexity index is 681. The SMILES string of the molecule is CN1CCCC(NC(=O)c2cscc2-c2ccccc2)C1=O. The first-order valence-electron chi connectivity index (χ1n) is 7.34. The van der Waals surface area contributed by atoms with Crippen molar-refractivity contribution in [3.63, 3.8) is 0 Å². The van der Waals surface area contributed by atoms with E-state index in [4.69, 9.17) is 0 Å². The summed E-state index contributed by atoms with van der Waals surface area (Å²) in [6, 6.07) is 9.42. The molecule has 2 heterocycles. The molecule has 0 bridgehead atoms. The van der Waals surface area contributed by atoms with Gasteiger partial charge in [-0.3, -0.25) is 9.59 Å². The number of amides is 2. The summed E-state index contributed by atoms with van der Waals surface area (Å²) in [7, 11) is 1.78. The second-order valence-electron chi connectivity index (χ2n) is 5.49. The largest absolute Gasteiger partial charge is 0.344 e. The lowest BCUT2D eigenvalue weighted by Gasteiger charge is -2.29. The molecule has 0 radical (unpaired) electrons. The van der Waals surface area contributed by atoms with E-state index < -0.39 is 6.04 Å². The summed E-state index contributed by atoms with van der Waals surface area (Å²) >= 11 is 1.50. The molecule has 114 valence electrons. The van der Waals surface area contributed by atoms with Crippen molar-refractivity contribution in [3.05, 3.63) is 46.7 Å². The van der Waals surface area contributed by atoms with Crippen LogP contribution in [-0.4, -0.2) is 36.3 Å². The van der Waals surface area contributed by atoms with Gasteiger partial charge in [0.25, 0.3) is 5.91 Å². The van der Waals surface area contributed by atoms with Crippen molar-refractivity contribution in [1.82, 2.24) is 10.2 Å². The highest BCUT2D eigenvalue weighted by molar-refractivity contribution is 7.08. The van der Waals surface area contributed by atoms with Gasteiger partial charge in [0, 0.05) is 24.5 Å². The van der Waals surface area contributed by atoms with E-state index >= 15 is 0 Å². The van der Waals surface area contributed by atoms with Gasteiger partial charge >= 0.3 is 0 Å². The number of nitrogens with one attached hydrogen (secondary N) is 1. The first kappa shape index (κ1) is 14.8. The summed E-state index contributed by atoms with van der Waals surface area (Å²) in [4.78, 5) is 26.3. The number of nitrogens with zero attached hydrogens (tertiary/aromatic N) is 1. The number of rotatable bonds is 3. The number of thiophene rings is 1. The number of hydrogen-bond donors (Lipinski definition) is 1. The van der Waals surface area contributed by atoms with Crippen molar-refractivity contribution >= 4 is 23.2 Å². The first-order chi connectivity index (χ1) is 10.7. The van der Waals surface area contributed by atoms with Crippen LogP contribution < -0.4 is 5.32 Å². The standard InChI is InChI=1S/C17H18N2O2S/c1-19-9-5-8-15(17(19)21)18-16(20)14-11-22-10-13(14)12-6-3-2-4-7-12/h2-4,6-7,10-11,15H,5,8-9H2,1H3,(H,18,20). The van der Waals surface area contributed by atoms with Gasteiger partial charge in [-0.15, -0.1) is 0 Å². The molecule has 1 aliphatic rings. The van der Waals surface area contributed by atoms with E-state index in [1.165, 1.54) is 11.3 Å². The zero-order chi connectivity index (χ0) is 15.5. The summed E-state index contributed by atoms with van der Waals surface area (Å²) in [5.41, 5.74) is 2.57. The highest BCUT2D eigenvalue weighted by Crippen LogP contribution is 2.27. The van der Waals surface area contributed by atoms with Crippen molar-refractivity contribution in [2.45, 2.75) is 18.9 Å². The average molecular weight is 314 g/mol. The zero-order valence-corrected chi connectivity index (χ0v) is 13.2. The number of hydrogen-bond acceptors (Lipinski definition) is 3. The van der Waals surface area contributed by atoms with Crippen molar-refractivity contribution in [2.75, 3.05) is 13.6 Å². The van der Waals surface area contributed by atoms with Gasteiger partial charge in [0.2, 0.25) is 5.91 Å². The first-order valence-corrected chi connectivity index (χ1v) is 8.28. The van der Waals surface area contributed by atoms with E-state index in [1.54, 1.807) is 11.9 Å². The normalized spacial score (nSPS) is 18.3. The van der Waals surface area contributed by atoms with Gasteiger partial charge in [-0.2, -0.15) is 11.3 Å². The Labute approximate surface area is 133 Å². The number of benzene rings is 1. The molecule has 1 aromatic carbocycles. The molecule has 5 heteroatoms. The molecule has 2 aromatic rings. The number of likely N-dealkylation sites (tertiary alicyclic amines) is 1. The Hall–Kier alpha value is -2.14.